The average Bonchev–Trinajstić information content (AvgIpc) is 2.67. The number of thiazole rings is 1. The summed E-state index contributed by atoms with van der Waals surface area (Å²) >= 11 is 13.2. The molecule has 90 valence electrons. The maximum atomic E-state index is 5.91. The lowest BCUT2D eigenvalue weighted by atomic mass is 10.4. The van der Waals surface area contributed by atoms with E-state index in [1.807, 2.05) is 24.3 Å². The van der Waals surface area contributed by atoms with Gasteiger partial charge in [-0.3, -0.25) is 0 Å². The highest BCUT2D eigenvalue weighted by Gasteiger charge is 2.12. The Morgan fingerprint density at radius 1 is 1.29 bits per heavy atom. The lowest BCUT2D eigenvalue weighted by molar-refractivity contribution is 0.844. The third kappa shape index (κ3) is 3.02. The van der Waals surface area contributed by atoms with Gasteiger partial charge in [0.1, 0.15) is 0 Å². The van der Waals surface area contributed by atoms with E-state index in [4.69, 9.17) is 23.2 Å². The maximum Gasteiger partial charge on any atom is 0.245 e. The fourth-order valence-electron chi connectivity index (χ4n) is 1.33. The van der Waals surface area contributed by atoms with Crippen molar-refractivity contribution < 1.29 is 0 Å². The smallest absolute Gasteiger partial charge is 0.245 e. The second-order valence-corrected chi connectivity index (χ2v) is 5.17. The molecule has 17 heavy (non-hydrogen) atoms. The first-order valence-electron chi connectivity index (χ1n) is 4.74. The SMILES string of the molecule is Cc1nc(CN(C)c2nc(Cl)nnc2Cl)cs1. The molecular weight excluding hydrogens is 281 g/mol. The Labute approximate surface area is 112 Å². The van der Waals surface area contributed by atoms with Crippen LogP contribution < -0.4 is 4.90 Å². The molecule has 0 aliphatic rings. The highest BCUT2D eigenvalue weighted by molar-refractivity contribution is 7.09. The van der Waals surface area contributed by atoms with Crippen molar-refractivity contribution in [3.05, 3.63) is 26.5 Å². The molecule has 0 amide bonds. The molecule has 2 rings (SSSR count). The number of aromatic nitrogens is 4. The molecule has 0 radical (unpaired) electrons. The summed E-state index contributed by atoms with van der Waals surface area (Å²) < 4.78 is 0. The summed E-state index contributed by atoms with van der Waals surface area (Å²) in [6, 6.07) is 0. The van der Waals surface area contributed by atoms with Crippen molar-refractivity contribution in [3.63, 3.8) is 0 Å². The number of hydrogen-bond donors (Lipinski definition) is 0. The summed E-state index contributed by atoms with van der Waals surface area (Å²) in [7, 11) is 1.85. The van der Waals surface area contributed by atoms with Gasteiger partial charge in [-0.05, 0) is 18.5 Å². The summed E-state index contributed by atoms with van der Waals surface area (Å²) in [5, 5.41) is 10.6. The van der Waals surface area contributed by atoms with Crippen LogP contribution in [0.2, 0.25) is 10.4 Å². The molecule has 0 aliphatic heterocycles. The summed E-state index contributed by atoms with van der Waals surface area (Å²) in [5.74, 6) is 0.498. The number of anilines is 1. The molecule has 0 N–H and O–H groups in total. The molecule has 0 atom stereocenters. The van der Waals surface area contributed by atoms with E-state index in [1.54, 1.807) is 11.3 Å². The molecule has 2 aromatic heterocycles. The third-order valence-corrected chi connectivity index (χ3v) is 3.26. The van der Waals surface area contributed by atoms with Crippen LogP contribution in [-0.2, 0) is 6.54 Å². The average molecular weight is 290 g/mol. The van der Waals surface area contributed by atoms with E-state index >= 15 is 0 Å². The molecule has 0 spiro atoms. The van der Waals surface area contributed by atoms with Gasteiger partial charge in [-0.15, -0.1) is 21.5 Å². The highest BCUT2D eigenvalue weighted by Crippen LogP contribution is 2.22. The van der Waals surface area contributed by atoms with E-state index in [9.17, 15) is 0 Å². The van der Waals surface area contributed by atoms with Crippen LogP contribution in [0.3, 0.4) is 0 Å². The molecule has 0 aliphatic carbocycles. The molecule has 0 saturated heterocycles. The van der Waals surface area contributed by atoms with E-state index in [2.05, 4.69) is 20.2 Å². The zero-order valence-corrected chi connectivity index (χ0v) is 11.5. The van der Waals surface area contributed by atoms with E-state index in [0.29, 0.717) is 12.4 Å². The van der Waals surface area contributed by atoms with Crippen molar-refractivity contribution in [2.24, 2.45) is 0 Å². The molecule has 2 aromatic rings. The predicted octanol–water partition coefficient (Wildman–Crippen LogP) is 2.58. The Morgan fingerprint density at radius 3 is 2.71 bits per heavy atom. The van der Waals surface area contributed by atoms with Gasteiger partial charge in [-0.25, -0.2) is 4.98 Å². The normalized spacial score (nSPS) is 10.6. The van der Waals surface area contributed by atoms with Gasteiger partial charge in [-0.2, -0.15) is 4.98 Å². The van der Waals surface area contributed by atoms with Gasteiger partial charge in [0, 0.05) is 12.4 Å². The Balaban J connectivity index is 2.19. The molecule has 0 bridgehead atoms. The highest BCUT2D eigenvalue weighted by atomic mass is 35.5. The first-order valence-corrected chi connectivity index (χ1v) is 6.37. The van der Waals surface area contributed by atoms with Crippen molar-refractivity contribution in [1.29, 1.82) is 0 Å². The minimum atomic E-state index is 0.0747. The van der Waals surface area contributed by atoms with Crippen LogP contribution in [0.1, 0.15) is 10.7 Å². The van der Waals surface area contributed by atoms with E-state index in [-0.39, 0.29) is 10.4 Å². The van der Waals surface area contributed by atoms with E-state index < -0.39 is 0 Å². The minimum Gasteiger partial charge on any atom is -0.351 e. The summed E-state index contributed by atoms with van der Waals surface area (Å²) in [5.41, 5.74) is 0.959. The molecule has 0 unspecified atom stereocenters. The van der Waals surface area contributed by atoms with Crippen molar-refractivity contribution in [1.82, 2.24) is 20.2 Å². The van der Waals surface area contributed by atoms with Gasteiger partial charge in [0.2, 0.25) is 5.28 Å². The molecular formula is C9H9Cl2N5S. The number of rotatable bonds is 3. The van der Waals surface area contributed by atoms with Gasteiger partial charge in [0.15, 0.2) is 11.0 Å². The van der Waals surface area contributed by atoms with Crippen LogP contribution in [0, 0.1) is 6.92 Å². The Bertz CT molecular complexity index is 530. The fraction of sp³-hybridized carbons (Fsp3) is 0.333. The second kappa shape index (κ2) is 5.12. The number of aryl methyl sites for hydroxylation is 1. The van der Waals surface area contributed by atoms with Crippen molar-refractivity contribution in [2.75, 3.05) is 11.9 Å². The van der Waals surface area contributed by atoms with Gasteiger partial charge >= 0.3 is 0 Å². The second-order valence-electron chi connectivity index (χ2n) is 3.41. The van der Waals surface area contributed by atoms with E-state index in [1.165, 1.54) is 0 Å². The van der Waals surface area contributed by atoms with Crippen molar-refractivity contribution in [2.45, 2.75) is 13.5 Å². The first-order chi connectivity index (χ1) is 8.06. The number of nitrogens with zero attached hydrogens (tertiary/aromatic N) is 5. The van der Waals surface area contributed by atoms with Crippen LogP contribution in [0.4, 0.5) is 5.82 Å². The standard InChI is InChI=1S/C9H9Cl2N5S/c1-5-12-6(4-17-5)3-16(2)8-7(10)14-15-9(11)13-8/h4H,3H2,1-2H3. The predicted molar refractivity (Wildman–Crippen MR) is 68.8 cm³/mol. The van der Waals surface area contributed by atoms with Crippen LogP contribution in [-0.4, -0.2) is 27.2 Å². The summed E-state index contributed by atoms with van der Waals surface area (Å²) in [6.45, 7) is 2.56. The molecule has 0 aromatic carbocycles. The summed E-state index contributed by atoms with van der Waals surface area (Å²) in [4.78, 5) is 10.2. The zero-order chi connectivity index (χ0) is 12.4. The lowest BCUT2D eigenvalue weighted by Crippen LogP contribution is -2.19. The topological polar surface area (TPSA) is 54.8 Å². The molecule has 8 heteroatoms. The van der Waals surface area contributed by atoms with Gasteiger partial charge in [-0.1, -0.05) is 11.6 Å². The van der Waals surface area contributed by atoms with Gasteiger partial charge in [0.05, 0.1) is 17.2 Å². The third-order valence-electron chi connectivity index (χ3n) is 2.03. The van der Waals surface area contributed by atoms with Crippen LogP contribution in [0.5, 0.6) is 0 Å². The Kier molecular flexibility index (Phi) is 3.76. The van der Waals surface area contributed by atoms with Crippen LogP contribution in [0.25, 0.3) is 0 Å². The molecule has 0 fully saturated rings. The molecule has 0 saturated carbocycles. The molecule has 2 heterocycles. The fourth-order valence-corrected chi connectivity index (χ4v) is 2.27. The van der Waals surface area contributed by atoms with Crippen molar-refractivity contribution >= 4 is 40.4 Å². The van der Waals surface area contributed by atoms with Crippen LogP contribution in [0.15, 0.2) is 5.38 Å². The Hall–Kier alpha value is -0.980. The zero-order valence-electron chi connectivity index (χ0n) is 9.18. The van der Waals surface area contributed by atoms with Gasteiger partial charge < -0.3 is 4.90 Å². The minimum absolute atomic E-state index is 0.0747. The van der Waals surface area contributed by atoms with Crippen LogP contribution >= 0.6 is 34.5 Å². The lowest BCUT2D eigenvalue weighted by Gasteiger charge is -2.16. The molecule has 5 nitrogen and oxygen atoms in total. The summed E-state index contributed by atoms with van der Waals surface area (Å²) in [6.07, 6.45) is 0. The van der Waals surface area contributed by atoms with Crippen molar-refractivity contribution in [3.8, 4) is 0 Å². The van der Waals surface area contributed by atoms with E-state index in [0.717, 1.165) is 10.7 Å². The number of hydrogen-bond acceptors (Lipinski definition) is 6. The van der Waals surface area contributed by atoms with Gasteiger partial charge in [0.25, 0.3) is 0 Å². The monoisotopic (exact) mass is 289 g/mol. The maximum absolute atomic E-state index is 5.91. The Morgan fingerprint density at radius 2 is 2.06 bits per heavy atom. The largest absolute Gasteiger partial charge is 0.351 e. The first kappa shape index (κ1) is 12.5. The quantitative estimate of drug-likeness (QED) is 0.869. The number of halogens is 2.